The average molecular weight is 489 g/mol. The second-order valence-corrected chi connectivity index (χ2v) is 10.1. The lowest BCUT2D eigenvalue weighted by atomic mass is 9.97. The van der Waals surface area contributed by atoms with Gasteiger partial charge in [-0.2, -0.15) is 0 Å². The summed E-state index contributed by atoms with van der Waals surface area (Å²) < 4.78 is 21.2. The largest absolute Gasteiger partial charge is 0.441 e. The molecule has 4 rings (SSSR count). The van der Waals surface area contributed by atoms with Gasteiger partial charge in [-0.15, -0.1) is 0 Å². The molecule has 0 aliphatic carbocycles. The van der Waals surface area contributed by atoms with E-state index in [0.29, 0.717) is 16.7 Å². The molecule has 4 aromatic rings. The SMILES string of the molecule is CCCCCCCCCCc1ccc(-c2ccc3c(c2)c(=S)oc2c(F)c(CCC)ccc23)cc1. The number of fused-ring (bicyclic) bond motifs is 3. The maximum absolute atomic E-state index is 15.0. The fraction of sp³-hybridized carbons (Fsp3) is 0.406. The highest BCUT2D eigenvalue weighted by atomic mass is 32.1. The minimum atomic E-state index is -0.284. The molecule has 1 nitrogen and oxygen atoms in total. The van der Waals surface area contributed by atoms with Crippen LogP contribution in [0.5, 0.6) is 0 Å². The van der Waals surface area contributed by atoms with Crippen molar-refractivity contribution in [3.8, 4) is 11.1 Å². The Kier molecular flexibility index (Phi) is 9.09. The van der Waals surface area contributed by atoms with Crippen LogP contribution in [-0.2, 0) is 12.8 Å². The Morgan fingerprint density at radius 2 is 1.31 bits per heavy atom. The van der Waals surface area contributed by atoms with Gasteiger partial charge in [0, 0.05) is 10.8 Å². The van der Waals surface area contributed by atoms with Gasteiger partial charge in [-0.05, 0) is 65.2 Å². The van der Waals surface area contributed by atoms with Crippen LogP contribution in [0.3, 0.4) is 0 Å². The van der Waals surface area contributed by atoms with E-state index in [2.05, 4.69) is 43.3 Å². The predicted molar refractivity (Wildman–Crippen MR) is 150 cm³/mol. The normalized spacial score (nSPS) is 11.5. The van der Waals surface area contributed by atoms with E-state index in [9.17, 15) is 0 Å². The molecule has 0 aliphatic heterocycles. The molecule has 0 saturated heterocycles. The van der Waals surface area contributed by atoms with Crippen molar-refractivity contribution in [2.24, 2.45) is 0 Å². The standard InChI is InChI=1S/C32H37FOS/c1-3-5-6-7-8-9-10-11-13-23-14-16-24(17-15-23)26-19-20-27-28-21-18-25(12-4-2)30(33)31(28)34-32(35)29(27)22-26/h14-22H,3-13H2,1-2H3. The molecule has 0 bridgehead atoms. The van der Waals surface area contributed by atoms with Crippen LogP contribution in [0.25, 0.3) is 32.9 Å². The first-order valence-electron chi connectivity index (χ1n) is 13.4. The van der Waals surface area contributed by atoms with E-state index in [1.165, 1.54) is 56.9 Å². The summed E-state index contributed by atoms with van der Waals surface area (Å²) in [6.07, 6.45) is 13.5. The predicted octanol–water partition coefficient (Wildman–Crippen LogP) is 10.8. The van der Waals surface area contributed by atoms with Gasteiger partial charge >= 0.3 is 0 Å². The van der Waals surface area contributed by atoms with E-state index in [4.69, 9.17) is 16.6 Å². The van der Waals surface area contributed by atoms with Crippen molar-refractivity contribution in [1.82, 2.24) is 0 Å². The van der Waals surface area contributed by atoms with Gasteiger partial charge in [0.1, 0.15) is 0 Å². The van der Waals surface area contributed by atoms with Crippen molar-refractivity contribution in [2.45, 2.75) is 84.5 Å². The molecular weight excluding hydrogens is 451 g/mol. The third-order valence-corrected chi connectivity index (χ3v) is 7.33. The van der Waals surface area contributed by atoms with Crippen LogP contribution in [-0.4, -0.2) is 0 Å². The number of rotatable bonds is 12. The van der Waals surface area contributed by atoms with Gasteiger partial charge in [-0.3, -0.25) is 0 Å². The van der Waals surface area contributed by atoms with Gasteiger partial charge in [0.2, 0.25) is 0 Å². The van der Waals surface area contributed by atoms with Crippen LogP contribution in [0.1, 0.15) is 82.8 Å². The summed E-state index contributed by atoms with van der Waals surface area (Å²) >= 11 is 5.54. The number of aryl methyl sites for hydroxylation is 2. The van der Waals surface area contributed by atoms with Crippen molar-refractivity contribution >= 4 is 34.0 Å². The second kappa shape index (κ2) is 12.4. The molecule has 0 amide bonds. The Hall–Kier alpha value is -2.52. The van der Waals surface area contributed by atoms with Crippen molar-refractivity contribution in [1.29, 1.82) is 0 Å². The van der Waals surface area contributed by atoms with Gasteiger partial charge in [0.15, 0.2) is 16.1 Å². The second-order valence-electron chi connectivity index (χ2n) is 9.74. The third-order valence-electron chi connectivity index (χ3n) is 7.03. The third kappa shape index (κ3) is 6.19. The van der Waals surface area contributed by atoms with E-state index in [1.54, 1.807) is 0 Å². The summed E-state index contributed by atoms with van der Waals surface area (Å²) in [7, 11) is 0. The highest BCUT2D eigenvalue weighted by Crippen LogP contribution is 2.33. The molecule has 3 heteroatoms. The van der Waals surface area contributed by atoms with Crippen LogP contribution in [0.2, 0.25) is 0 Å². The molecular formula is C32H37FOS. The first-order chi connectivity index (χ1) is 17.1. The zero-order chi connectivity index (χ0) is 24.6. The van der Waals surface area contributed by atoms with Gasteiger partial charge in [0.05, 0.1) is 0 Å². The fourth-order valence-electron chi connectivity index (χ4n) is 4.97. The maximum atomic E-state index is 15.0. The molecule has 3 aromatic carbocycles. The Morgan fingerprint density at radius 1 is 0.657 bits per heavy atom. The summed E-state index contributed by atoms with van der Waals surface area (Å²) in [5, 5.41) is 2.57. The van der Waals surface area contributed by atoms with Gasteiger partial charge < -0.3 is 4.42 Å². The number of hydrogen-bond donors (Lipinski definition) is 0. The van der Waals surface area contributed by atoms with Crippen LogP contribution in [0.4, 0.5) is 4.39 Å². The summed E-state index contributed by atoms with van der Waals surface area (Å²) in [6, 6.07) is 18.9. The molecule has 0 aliphatic rings. The first-order valence-corrected chi connectivity index (χ1v) is 13.8. The molecule has 1 aromatic heterocycles. The van der Waals surface area contributed by atoms with Gasteiger partial charge in [0.25, 0.3) is 0 Å². The summed E-state index contributed by atoms with van der Waals surface area (Å²) in [5.74, 6) is -0.284. The molecule has 0 radical (unpaired) electrons. The van der Waals surface area contributed by atoms with E-state index in [0.717, 1.165) is 40.1 Å². The Morgan fingerprint density at radius 3 is 2.03 bits per heavy atom. The lowest BCUT2D eigenvalue weighted by Crippen LogP contribution is -1.92. The molecule has 0 unspecified atom stereocenters. The van der Waals surface area contributed by atoms with Crippen molar-refractivity contribution < 1.29 is 8.81 Å². The smallest absolute Gasteiger partial charge is 0.198 e. The van der Waals surface area contributed by atoms with Crippen molar-refractivity contribution in [3.05, 3.63) is 76.2 Å². The lowest BCUT2D eigenvalue weighted by Gasteiger charge is -2.10. The van der Waals surface area contributed by atoms with E-state index < -0.39 is 0 Å². The molecule has 0 N–H and O–H groups in total. The number of benzene rings is 3. The quantitative estimate of drug-likeness (QED) is 0.112. The van der Waals surface area contributed by atoms with Crippen LogP contribution < -0.4 is 0 Å². The van der Waals surface area contributed by atoms with Crippen LogP contribution in [0, 0.1) is 10.5 Å². The number of hydrogen-bond acceptors (Lipinski definition) is 2. The fourth-order valence-corrected chi connectivity index (χ4v) is 5.23. The van der Waals surface area contributed by atoms with E-state index in [-0.39, 0.29) is 11.4 Å². The minimum Gasteiger partial charge on any atom is -0.441 e. The highest BCUT2D eigenvalue weighted by molar-refractivity contribution is 7.71. The number of halogens is 1. The molecule has 0 saturated carbocycles. The average Bonchev–Trinajstić information content (AvgIpc) is 2.88. The van der Waals surface area contributed by atoms with E-state index in [1.807, 2.05) is 25.1 Å². The zero-order valence-corrected chi connectivity index (χ0v) is 22.0. The molecule has 0 fully saturated rings. The Bertz CT molecular complexity index is 1320. The van der Waals surface area contributed by atoms with Crippen LogP contribution in [0.15, 0.2) is 59.0 Å². The lowest BCUT2D eigenvalue weighted by molar-refractivity contribution is 0.538. The summed E-state index contributed by atoms with van der Waals surface area (Å²) in [5.41, 5.74) is 4.60. The highest BCUT2D eigenvalue weighted by Gasteiger charge is 2.14. The molecule has 0 spiro atoms. The zero-order valence-electron chi connectivity index (χ0n) is 21.2. The van der Waals surface area contributed by atoms with Crippen molar-refractivity contribution in [3.63, 3.8) is 0 Å². The molecule has 35 heavy (non-hydrogen) atoms. The van der Waals surface area contributed by atoms with Crippen molar-refractivity contribution in [2.75, 3.05) is 0 Å². The first kappa shape index (κ1) is 25.6. The summed E-state index contributed by atoms with van der Waals surface area (Å²) in [6.45, 7) is 4.31. The topological polar surface area (TPSA) is 13.1 Å². The monoisotopic (exact) mass is 488 g/mol. The van der Waals surface area contributed by atoms with E-state index >= 15 is 4.39 Å². The van der Waals surface area contributed by atoms with Gasteiger partial charge in [-0.25, -0.2) is 4.39 Å². The molecule has 1 heterocycles. The molecule has 0 atom stereocenters. The van der Waals surface area contributed by atoms with Crippen LogP contribution >= 0.6 is 12.2 Å². The minimum absolute atomic E-state index is 0.270. The summed E-state index contributed by atoms with van der Waals surface area (Å²) in [4.78, 5) is 0. The maximum Gasteiger partial charge on any atom is 0.198 e. The molecule has 184 valence electrons. The number of unbranched alkanes of at least 4 members (excludes halogenated alkanes) is 7. The Balaban J connectivity index is 1.46. The Labute approximate surface area is 214 Å². The van der Waals surface area contributed by atoms with Gasteiger partial charge in [-0.1, -0.05) is 114 Å².